The van der Waals surface area contributed by atoms with Gasteiger partial charge in [0.1, 0.15) is 4.90 Å². The fourth-order valence-electron chi connectivity index (χ4n) is 3.37. The van der Waals surface area contributed by atoms with Gasteiger partial charge in [-0.25, -0.2) is 8.42 Å². The summed E-state index contributed by atoms with van der Waals surface area (Å²) in [7, 11) is -3.92. The molecule has 0 aliphatic rings. The van der Waals surface area contributed by atoms with Gasteiger partial charge in [-0.1, -0.05) is 61.8 Å². The topological polar surface area (TPSA) is 70.2 Å². The molecule has 3 N–H and O–H groups in total. The third-order valence-corrected chi connectivity index (χ3v) is 6.97. The van der Waals surface area contributed by atoms with E-state index in [0.717, 1.165) is 35.2 Å². The first-order valence-corrected chi connectivity index (χ1v) is 12.6. The molecule has 32 heavy (non-hydrogen) atoms. The molecule has 8 heteroatoms. The molecule has 0 aliphatic heterocycles. The molecular formula is C24H26ClN3O2S2. The molecule has 5 nitrogen and oxygen atoms in total. The summed E-state index contributed by atoms with van der Waals surface area (Å²) in [5, 5.41) is 6.97. The second-order valence-corrected chi connectivity index (χ2v) is 9.79. The molecule has 3 rings (SSSR count). The van der Waals surface area contributed by atoms with Crippen molar-refractivity contribution in [3.05, 3.63) is 82.4 Å². The van der Waals surface area contributed by atoms with E-state index in [2.05, 4.69) is 41.3 Å². The number of benzene rings is 3. The van der Waals surface area contributed by atoms with Crippen LogP contribution in [0.5, 0.6) is 0 Å². The lowest BCUT2D eigenvalue weighted by atomic mass is 10.0. The first-order chi connectivity index (χ1) is 15.2. The van der Waals surface area contributed by atoms with Crippen LogP contribution in [-0.2, 0) is 22.9 Å². The van der Waals surface area contributed by atoms with Gasteiger partial charge in [0.2, 0.25) is 0 Å². The van der Waals surface area contributed by atoms with Crippen LogP contribution in [0.15, 0.2) is 65.6 Å². The van der Waals surface area contributed by atoms with Crippen molar-refractivity contribution >= 4 is 56.0 Å². The SMILES string of the molecule is CCc1cccc(CC)c1NC(=S)Nc1ccc(C)cc1S(=O)(=O)Nc1ccccc1Cl. The van der Waals surface area contributed by atoms with E-state index in [1.807, 2.05) is 19.1 Å². The summed E-state index contributed by atoms with van der Waals surface area (Å²) in [6.45, 7) is 6.00. The highest BCUT2D eigenvalue weighted by Crippen LogP contribution is 2.29. The van der Waals surface area contributed by atoms with E-state index in [0.29, 0.717) is 21.5 Å². The standard InChI is InChI=1S/C24H26ClN3O2S2/c1-4-17-9-8-10-18(5-2)23(17)27-24(31)26-21-14-13-16(3)15-22(21)32(29,30)28-20-12-7-6-11-19(20)25/h6-15,28H,4-5H2,1-3H3,(H2,26,27,31). The van der Waals surface area contributed by atoms with Gasteiger partial charge in [0, 0.05) is 5.69 Å². The molecule has 0 aliphatic carbocycles. The highest BCUT2D eigenvalue weighted by Gasteiger charge is 2.21. The Morgan fingerprint density at radius 2 is 1.56 bits per heavy atom. The van der Waals surface area contributed by atoms with Crippen molar-refractivity contribution in [2.75, 3.05) is 15.4 Å². The zero-order valence-electron chi connectivity index (χ0n) is 18.2. The zero-order chi connectivity index (χ0) is 23.3. The van der Waals surface area contributed by atoms with Crippen molar-refractivity contribution in [3.63, 3.8) is 0 Å². The summed E-state index contributed by atoms with van der Waals surface area (Å²) in [5.74, 6) is 0. The maximum atomic E-state index is 13.2. The number of para-hydroxylation sites is 2. The van der Waals surface area contributed by atoms with Crippen LogP contribution in [0, 0.1) is 6.92 Å². The van der Waals surface area contributed by atoms with Crippen LogP contribution in [0.4, 0.5) is 17.1 Å². The molecule has 0 amide bonds. The van der Waals surface area contributed by atoms with E-state index in [1.54, 1.807) is 36.4 Å². The Bertz CT molecular complexity index is 1220. The summed E-state index contributed by atoms with van der Waals surface area (Å²) in [4.78, 5) is 0.0843. The Kier molecular flexibility index (Phi) is 7.77. The van der Waals surface area contributed by atoms with Crippen LogP contribution in [0.3, 0.4) is 0 Å². The van der Waals surface area contributed by atoms with E-state index in [-0.39, 0.29) is 4.90 Å². The number of anilines is 3. The summed E-state index contributed by atoms with van der Waals surface area (Å²) in [6.07, 6.45) is 1.70. The molecule has 0 fully saturated rings. The average molecular weight is 488 g/mol. The van der Waals surface area contributed by atoms with Crippen LogP contribution in [-0.4, -0.2) is 13.5 Å². The number of hydrogen-bond acceptors (Lipinski definition) is 3. The minimum Gasteiger partial charge on any atom is -0.332 e. The van der Waals surface area contributed by atoms with Gasteiger partial charge in [-0.05, 0) is 72.9 Å². The third-order valence-electron chi connectivity index (χ3n) is 5.03. The maximum absolute atomic E-state index is 13.2. The molecule has 3 aromatic carbocycles. The number of rotatable bonds is 7. The fraction of sp³-hybridized carbons (Fsp3) is 0.208. The lowest BCUT2D eigenvalue weighted by Gasteiger charge is -2.19. The number of nitrogens with one attached hydrogen (secondary N) is 3. The minimum absolute atomic E-state index is 0.0843. The molecule has 0 spiro atoms. The molecule has 0 saturated heterocycles. The maximum Gasteiger partial charge on any atom is 0.264 e. The van der Waals surface area contributed by atoms with Gasteiger partial charge in [-0.3, -0.25) is 4.72 Å². The average Bonchev–Trinajstić information content (AvgIpc) is 2.76. The molecule has 168 valence electrons. The molecule has 0 saturated carbocycles. The van der Waals surface area contributed by atoms with Crippen LogP contribution in [0.2, 0.25) is 5.02 Å². The minimum atomic E-state index is -3.92. The van der Waals surface area contributed by atoms with Gasteiger partial charge >= 0.3 is 0 Å². The molecule has 0 bridgehead atoms. The van der Waals surface area contributed by atoms with Gasteiger partial charge in [0.05, 0.1) is 16.4 Å². The summed E-state index contributed by atoms with van der Waals surface area (Å²) in [5.41, 5.74) is 4.74. The second-order valence-electron chi connectivity index (χ2n) is 7.32. The predicted molar refractivity (Wildman–Crippen MR) is 138 cm³/mol. The number of sulfonamides is 1. The quantitative estimate of drug-likeness (QED) is 0.337. The second kappa shape index (κ2) is 10.3. The Morgan fingerprint density at radius 1 is 0.906 bits per heavy atom. The van der Waals surface area contributed by atoms with Gasteiger partial charge in [0.25, 0.3) is 10.0 Å². The molecule has 0 unspecified atom stereocenters. The number of halogens is 1. The van der Waals surface area contributed by atoms with Gasteiger partial charge in [-0.2, -0.15) is 0 Å². The van der Waals surface area contributed by atoms with Crippen LogP contribution in [0.1, 0.15) is 30.5 Å². The normalized spacial score (nSPS) is 11.1. The van der Waals surface area contributed by atoms with Crippen LogP contribution < -0.4 is 15.4 Å². The van der Waals surface area contributed by atoms with Gasteiger partial charge < -0.3 is 10.6 Å². The summed E-state index contributed by atoms with van der Waals surface area (Å²) >= 11 is 11.7. The fourth-order valence-corrected chi connectivity index (χ4v) is 5.15. The van der Waals surface area contributed by atoms with Crippen molar-refractivity contribution in [2.45, 2.75) is 38.5 Å². The lowest BCUT2D eigenvalue weighted by Crippen LogP contribution is -2.23. The molecule has 0 heterocycles. The van der Waals surface area contributed by atoms with E-state index in [1.165, 1.54) is 0 Å². The van der Waals surface area contributed by atoms with E-state index in [4.69, 9.17) is 23.8 Å². The Hall–Kier alpha value is -2.61. The first-order valence-electron chi connectivity index (χ1n) is 10.3. The summed E-state index contributed by atoms with van der Waals surface area (Å²) in [6, 6.07) is 18.0. The van der Waals surface area contributed by atoms with Crippen LogP contribution >= 0.6 is 23.8 Å². The Labute approximate surface area is 200 Å². The molecule has 0 atom stereocenters. The number of aryl methyl sites for hydroxylation is 3. The zero-order valence-corrected chi connectivity index (χ0v) is 20.6. The molecule has 0 radical (unpaired) electrons. The Balaban J connectivity index is 1.91. The smallest absolute Gasteiger partial charge is 0.264 e. The highest BCUT2D eigenvalue weighted by molar-refractivity contribution is 7.93. The van der Waals surface area contributed by atoms with Gasteiger partial charge in [-0.15, -0.1) is 0 Å². The van der Waals surface area contributed by atoms with E-state index < -0.39 is 10.0 Å². The highest BCUT2D eigenvalue weighted by atomic mass is 35.5. The van der Waals surface area contributed by atoms with Gasteiger partial charge in [0.15, 0.2) is 5.11 Å². The third kappa shape index (κ3) is 5.59. The summed E-state index contributed by atoms with van der Waals surface area (Å²) < 4.78 is 29.0. The molecule has 3 aromatic rings. The first kappa shape index (κ1) is 24.0. The van der Waals surface area contributed by atoms with Crippen molar-refractivity contribution in [2.24, 2.45) is 0 Å². The largest absolute Gasteiger partial charge is 0.332 e. The van der Waals surface area contributed by atoms with Crippen molar-refractivity contribution in [1.29, 1.82) is 0 Å². The van der Waals surface area contributed by atoms with Crippen molar-refractivity contribution < 1.29 is 8.42 Å². The van der Waals surface area contributed by atoms with E-state index in [9.17, 15) is 8.42 Å². The van der Waals surface area contributed by atoms with E-state index >= 15 is 0 Å². The lowest BCUT2D eigenvalue weighted by molar-refractivity contribution is 0.601. The number of thiocarbonyl (C=S) groups is 1. The molecular weight excluding hydrogens is 462 g/mol. The Morgan fingerprint density at radius 3 is 2.19 bits per heavy atom. The molecule has 0 aromatic heterocycles. The number of hydrogen-bond donors (Lipinski definition) is 3. The van der Waals surface area contributed by atoms with Crippen molar-refractivity contribution in [1.82, 2.24) is 0 Å². The van der Waals surface area contributed by atoms with Crippen LogP contribution in [0.25, 0.3) is 0 Å². The monoisotopic (exact) mass is 487 g/mol. The predicted octanol–water partition coefficient (Wildman–Crippen LogP) is 6.38. The van der Waals surface area contributed by atoms with Crippen molar-refractivity contribution in [3.8, 4) is 0 Å².